The highest BCUT2D eigenvalue weighted by Crippen LogP contribution is 2.26. The molecule has 0 saturated carbocycles. The van der Waals surface area contributed by atoms with Gasteiger partial charge < -0.3 is 20.5 Å². The molecule has 0 atom stereocenters. The number of carbonyl (C=O) groups is 2. The number of carboxylic acids is 1. The normalized spacial score (nSPS) is 10.9. The number of aryl methyl sites for hydroxylation is 1. The monoisotopic (exact) mass is 371 g/mol. The number of pyridine rings is 2. The van der Waals surface area contributed by atoms with Crippen LogP contribution in [0.25, 0.3) is 11.0 Å². The summed E-state index contributed by atoms with van der Waals surface area (Å²) in [6.45, 7) is 0. The number of aromatic hydroxyl groups is 1. The average Bonchev–Trinajstić information content (AvgIpc) is 2.61. The van der Waals surface area contributed by atoms with Gasteiger partial charge in [0.2, 0.25) is 5.91 Å². The predicted octanol–water partition coefficient (Wildman–Crippen LogP) is 1.17. The molecule has 3 aromatic rings. The summed E-state index contributed by atoms with van der Waals surface area (Å²) >= 11 is 0. The second-order valence-corrected chi connectivity index (χ2v) is 5.95. The number of fused-ring (bicyclic) bond motifs is 1. The number of primary amides is 1. The van der Waals surface area contributed by atoms with Crippen LogP contribution in [0, 0.1) is 5.82 Å². The summed E-state index contributed by atoms with van der Waals surface area (Å²) in [7, 11) is 1.36. The molecule has 0 fully saturated rings. The van der Waals surface area contributed by atoms with Crippen LogP contribution in [0.5, 0.6) is 5.75 Å². The summed E-state index contributed by atoms with van der Waals surface area (Å²) in [5, 5.41) is 19.2. The molecule has 0 saturated heterocycles. The lowest BCUT2D eigenvalue weighted by Crippen LogP contribution is -2.25. The first-order chi connectivity index (χ1) is 12.7. The molecule has 1 aromatic carbocycles. The second-order valence-electron chi connectivity index (χ2n) is 5.95. The smallest absolute Gasteiger partial charge is 0.345 e. The summed E-state index contributed by atoms with van der Waals surface area (Å²) in [5.74, 6) is -3.66. The Balaban J connectivity index is 2.15. The van der Waals surface area contributed by atoms with Gasteiger partial charge in [0.15, 0.2) is 11.3 Å². The second kappa shape index (κ2) is 6.52. The molecule has 27 heavy (non-hydrogen) atoms. The van der Waals surface area contributed by atoms with E-state index in [0.717, 1.165) is 10.6 Å². The minimum Gasteiger partial charge on any atom is -0.505 e. The predicted molar refractivity (Wildman–Crippen MR) is 93.3 cm³/mol. The molecule has 138 valence electrons. The Kier molecular flexibility index (Phi) is 4.36. The standard InChI is InChI=1S/C18H14FN3O5/c1-22-12-5-8(4-9-2-3-10(19)6-11(9)16(20)24)7-21-14(12)15(23)13(17(22)25)18(26)27/h2-3,5-7,23H,4H2,1H3,(H2,20,24)(H,26,27). The van der Waals surface area contributed by atoms with E-state index in [-0.39, 0.29) is 23.0 Å². The maximum absolute atomic E-state index is 13.4. The van der Waals surface area contributed by atoms with Crippen molar-refractivity contribution in [1.82, 2.24) is 9.55 Å². The van der Waals surface area contributed by atoms with E-state index in [9.17, 15) is 23.9 Å². The third-order valence-corrected chi connectivity index (χ3v) is 4.21. The third-order valence-electron chi connectivity index (χ3n) is 4.21. The van der Waals surface area contributed by atoms with E-state index in [1.54, 1.807) is 0 Å². The van der Waals surface area contributed by atoms with Crippen molar-refractivity contribution >= 4 is 22.9 Å². The topological polar surface area (TPSA) is 136 Å². The van der Waals surface area contributed by atoms with Gasteiger partial charge in [0.05, 0.1) is 5.52 Å². The minimum atomic E-state index is -1.56. The number of carboxylic acid groups (broad SMARTS) is 1. The number of hydrogen-bond donors (Lipinski definition) is 3. The molecular weight excluding hydrogens is 357 g/mol. The van der Waals surface area contributed by atoms with Gasteiger partial charge >= 0.3 is 5.97 Å². The van der Waals surface area contributed by atoms with Crippen LogP contribution in [-0.4, -0.2) is 31.6 Å². The lowest BCUT2D eigenvalue weighted by atomic mass is 9.99. The lowest BCUT2D eigenvalue weighted by Gasteiger charge is -2.11. The first-order valence-electron chi connectivity index (χ1n) is 7.72. The highest BCUT2D eigenvalue weighted by atomic mass is 19.1. The van der Waals surface area contributed by atoms with Gasteiger partial charge in [-0.2, -0.15) is 0 Å². The Morgan fingerprint density at radius 3 is 2.63 bits per heavy atom. The molecule has 0 aliphatic heterocycles. The molecule has 1 amide bonds. The van der Waals surface area contributed by atoms with Crippen LogP contribution in [0.3, 0.4) is 0 Å². The number of nitrogens with two attached hydrogens (primary N) is 1. The molecule has 9 heteroatoms. The summed E-state index contributed by atoms with van der Waals surface area (Å²) in [4.78, 5) is 39.0. The number of halogens is 1. The Bertz CT molecular complexity index is 1170. The zero-order valence-electron chi connectivity index (χ0n) is 14.1. The maximum Gasteiger partial charge on any atom is 0.345 e. The number of rotatable bonds is 4. The Morgan fingerprint density at radius 1 is 1.30 bits per heavy atom. The van der Waals surface area contributed by atoms with Crippen LogP contribution < -0.4 is 11.3 Å². The molecule has 0 aliphatic carbocycles. The van der Waals surface area contributed by atoms with E-state index < -0.39 is 34.6 Å². The van der Waals surface area contributed by atoms with Crippen LogP contribution >= 0.6 is 0 Å². The Labute approximate surface area is 151 Å². The van der Waals surface area contributed by atoms with E-state index in [0.29, 0.717) is 11.1 Å². The molecular formula is C18H14FN3O5. The largest absolute Gasteiger partial charge is 0.505 e. The fourth-order valence-corrected chi connectivity index (χ4v) is 2.87. The molecule has 0 bridgehead atoms. The molecule has 0 unspecified atom stereocenters. The molecule has 0 radical (unpaired) electrons. The molecule has 3 rings (SSSR count). The van der Waals surface area contributed by atoms with E-state index in [4.69, 9.17) is 10.8 Å². The first-order valence-corrected chi connectivity index (χ1v) is 7.72. The highest BCUT2D eigenvalue weighted by Gasteiger charge is 2.21. The summed E-state index contributed by atoms with van der Waals surface area (Å²) < 4.78 is 14.4. The number of carbonyl (C=O) groups excluding carboxylic acids is 1. The van der Waals surface area contributed by atoms with Crippen molar-refractivity contribution in [2.75, 3.05) is 0 Å². The van der Waals surface area contributed by atoms with Gasteiger partial charge in [0, 0.05) is 18.8 Å². The van der Waals surface area contributed by atoms with E-state index in [2.05, 4.69) is 4.98 Å². The van der Waals surface area contributed by atoms with Crippen LogP contribution in [0.1, 0.15) is 31.8 Å². The van der Waals surface area contributed by atoms with Crippen LogP contribution in [0.2, 0.25) is 0 Å². The summed E-state index contributed by atoms with van der Waals surface area (Å²) in [6, 6.07) is 5.18. The van der Waals surface area contributed by atoms with Gasteiger partial charge in [-0.3, -0.25) is 14.6 Å². The van der Waals surface area contributed by atoms with Crippen molar-refractivity contribution < 1.29 is 24.2 Å². The van der Waals surface area contributed by atoms with E-state index >= 15 is 0 Å². The summed E-state index contributed by atoms with van der Waals surface area (Å²) in [5.41, 5.74) is 4.83. The molecule has 0 aliphatic rings. The van der Waals surface area contributed by atoms with E-state index in [1.165, 1.54) is 31.4 Å². The molecule has 8 nitrogen and oxygen atoms in total. The minimum absolute atomic E-state index is 0.0214. The summed E-state index contributed by atoms with van der Waals surface area (Å²) in [6.07, 6.45) is 1.53. The fourth-order valence-electron chi connectivity index (χ4n) is 2.87. The number of nitrogens with zero attached hydrogens (tertiary/aromatic N) is 2. The molecule has 4 N–H and O–H groups in total. The van der Waals surface area contributed by atoms with Gasteiger partial charge in [0.25, 0.3) is 5.56 Å². The SMILES string of the molecule is Cn1c(=O)c(C(=O)O)c(O)c2ncc(Cc3ccc(F)cc3C(N)=O)cc21. The molecule has 2 aromatic heterocycles. The quantitative estimate of drug-likeness (QED) is 0.630. The van der Waals surface area contributed by atoms with Crippen molar-refractivity contribution in [3.8, 4) is 5.75 Å². The Hall–Kier alpha value is -3.75. The highest BCUT2D eigenvalue weighted by molar-refractivity contribution is 5.97. The van der Waals surface area contributed by atoms with Gasteiger partial charge in [-0.05, 0) is 35.7 Å². The maximum atomic E-state index is 13.4. The van der Waals surface area contributed by atoms with Gasteiger partial charge in [-0.15, -0.1) is 0 Å². The number of amides is 1. The fraction of sp³-hybridized carbons (Fsp3) is 0.111. The first kappa shape index (κ1) is 18.1. The van der Waals surface area contributed by atoms with Crippen molar-refractivity contribution in [2.45, 2.75) is 6.42 Å². The van der Waals surface area contributed by atoms with Crippen LogP contribution in [0.15, 0.2) is 35.3 Å². The van der Waals surface area contributed by atoms with Crippen LogP contribution in [-0.2, 0) is 13.5 Å². The Morgan fingerprint density at radius 2 is 2.00 bits per heavy atom. The van der Waals surface area contributed by atoms with Gasteiger partial charge in [0.1, 0.15) is 11.3 Å². The lowest BCUT2D eigenvalue weighted by molar-refractivity contribution is 0.0691. The third kappa shape index (κ3) is 3.10. The number of hydrogen-bond acceptors (Lipinski definition) is 5. The van der Waals surface area contributed by atoms with Crippen molar-refractivity contribution in [2.24, 2.45) is 12.8 Å². The zero-order valence-corrected chi connectivity index (χ0v) is 14.1. The van der Waals surface area contributed by atoms with E-state index in [1.807, 2.05) is 0 Å². The average molecular weight is 371 g/mol. The van der Waals surface area contributed by atoms with Gasteiger partial charge in [-0.1, -0.05) is 6.07 Å². The zero-order chi connectivity index (χ0) is 19.9. The molecule has 2 heterocycles. The van der Waals surface area contributed by atoms with Crippen molar-refractivity contribution in [3.05, 3.63) is 68.9 Å². The number of aromatic carboxylic acids is 1. The van der Waals surface area contributed by atoms with Crippen LogP contribution in [0.4, 0.5) is 4.39 Å². The number of benzene rings is 1. The number of aromatic nitrogens is 2. The van der Waals surface area contributed by atoms with Crippen molar-refractivity contribution in [1.29, 1.82) is 0 Å². The van der Waals surface area contributed by atoms with Crippen molar-refractivity contribution in [3.63, 3.8) is 0 Å². The molecule has 0 spiro atoms. The van der Waals surface area contributed by atoms with Gasteiger partial charge in [-0.25, -0.2) is 9.18 Å².